The summed E-state index contributed by atoms with van der Waals surface area (Å²) in [5.74, 6) is 5.52. The second-order valence-corrected chi connectivity index (χ2v) is 8.53. The van der Waals surface area contributed by atoms with Crippen molar-refractivity contribution in [2.24, 2.45) is 11.3 Å². The molecule has 1 aromatic rings. The van der Waals surface area contributed by atoms with Crippen LogP contribution in [-0.4, -0.2) is 30.8 Å². The van der Waals surface area contributed by atoms with Crippen molar-refractivity contribution in [2.45, 2.75) is 31.6 Å². The van der Waals surface area contributed by atoms with Crippen LogP contribution in [0.15, 0.2) is 21.6 Å². The van der Waals surface area contributed by atoms with E-state index in [-0.39, 0.29) is 16.1 Å². The Kier molecular flexibility index (Phi) is 4.38. The summed E-state index contributed by atoms with van der Waals surface area (Å²) >= 11 is 3.25. The fourth-order valence-corrected chi connectivity index (χ4v) is 4.25. The number of piperidine rings is 1. The first-order chi connectivity index (χ1) is 9.26. The predicted molar refractivity (Wildman–Crippen MR) is 81.5 cm³/mol. The second kappa shape index (κ2) is 5.59. The van der Waals surface area contributed by atoms with Crippen LogP contribution in [0.2, 0.25) is 0 Å². The highest BCUT2D eigenvalue weighted by molar-refractivity contribution is 9.10. The highest BCUT2D eigenvalue weighted by Crippen LogP contribution is 2.34. The topological polar surface area (TPSA) is 88.3 Å². The van der Waals surface area contributed by atoms with Crippen molar-refractivity contribution in [3.8, 4) is 0 Å². The molecule has 6 nitrogen and oxygen atoms in total. The average Bonchev–Trinajstić information content (AvgIpc) is 2.38. The van der Waals surface area contributed by atoms with E-state index < -0.39 is 10.0 Å². The van der Waals surface area contributed by atoms with Crippen LogP contribution >= 0.6 is 15.9 Å². The zero-order valence-electron chi connectivity index (χ0n) is 11.6. The molecule has 0 spiro atoms. The number of sulfonamides is 1. The lowest BCUT2D eigenvalue weighted by Gasteiger charge is -2.36. The van der Waals surface area contributed by atoms with Crippen molar-refractivity contribution in [1.82, 2.24) is 9.29 Å². The molecule has 8 heteroatoms. The van der Waals surface area contributed by atoms with Gasteiger partial charge in [0.15, 0.2) is 5.82 Å². The maximum absolute atomic E-state index is 12.7. The molecular weight excluding hydrogens is 344 g/mol. The molecule has 1 aliphatic heterocycles. The summed E-state index contributed by atoms with van der Waals surface area (Å²) in [5.41, 5.74) is 2.54. The number of anilines is 1. The Balaban J connectivity index is 2.34. The maximum atomic E-state index is 12.7. The summed E-state index contributed by atoms with van der Waals surface area (Å²) in [6.45, 7) is 5.35. The Labute approximate surface area is 127 Å². The number of hydrogen-bond acceptors (Lipinski definition) is 5. The highest BCUT2D eigenvalue weighted by Gasteiger charge is 2.34. The fourth-order valence-electron chi connectivity index (χ4n) is 2.20. The van der Waals surface area contributed by atoms with E-state index in [1.807, 2.05) is 0 Å². The van der Waals surface area contributed by atoms with Gasteiger partial charge in [0.25, 0.3) is 0 Å². The fraction of sp³-hybridized carbons (Fsp3) is 0.583. The highest BCUT2D eigenvalue weighted by atomic mass is 79.9. The number of nitrogens with one attached hydrogen (secondary N) is 1. The summed E-state index contributed by atoms with van der Waals surface area (Å²) < 4.78 is 27.5. The molecule has 0 radical (unpaired) electrons. The molecule has 0 amide bonds. The lowest BCUT2D eigenvalue weighted by atomic mass is 9.83. The Morgan fingerprint density at radius 3 is 2.55 bits per heavy atom. The monoisotopic (exact) mass is 362 g/mol. The molecule has 1 fully saturated rings. The van der Waals surface area contributed by atoms with Gasteiger partial charge >= 0.3 is 0 Å². The number of nitrogens with two attached hydrogens (primary N) is 1. The SMILES string of the molecule is CC1(C)CCN(S(=O)(=O)c2cc(Br)cnc2NN)CC1. The molecule has 20 heavy (non-hydrogen) atoms. The third-order valence-electron chi connectivity index (χ3n) is 3.65. The van der Waals surface area contributed by atoms with E-state index in [2.05, 4.69) is 40.2 Å². The maximum Gasteiger partial charge on any atom is 0.246 e. The van der Waals surface area contributed by atoms with Gasteiger partial charge in [0.2, 0.25) is 10.0 Å². The van der Waals surface area contributed by atoms with Crippen molar-refractivity contribution in [1.29, 1.82) is 0 Å². The summed E-state index contributed by atoms with van der Waals surface area (Å²) in [5, 5.41) is 0. The summed E-state index contributed by atoms with van der Waals surface area (Å²) in [4.78, 5) is 4.10. The van der Waals surface area contributed by atoms with E-state index in [0.717, 1.165) is 12.8 Å². The van der Waals surface area contributed by atoms with Gasteiger partial charge in [-0.25, -0.2) is 19.2 Å². The van der Waals surface area contributed by atoms with Gasteiger partial charge < -0.3 is 5.43 Å². The minimum atomic E-state index is -3.58. The second-order valence-electron chi connectivity index (χ2n) is 5.71. The molecule has 112 valence electrons. The molecule has 0 saturated carbocycles. The number of aromatic nitrogens is 1. The van der Waals surface area contributed by atoms with Gasteiger partial charge in [-0.2, -0.15) is 4.31 Å². The largest absolute Gasteiger partial charge is 0.307 e. The molecule has 0 unspecified atom stereocenters. The molecule has 1 saturated heterocycles. The smallest absolute Gasteiger partial charge is 0.246 e. The number of rotatable bonds is 3. The first-order valence-corrected chi connectivity index (χ1v) is 8.62. The molecule has 1 aliphatic rings. The van der Waals surface area contributed by atoms with Crippen LogP contribution in [0.4, 0.5) is 5.82 Å². The van der Waals surface area contributed by atoms with Crippen molar-refractivity contribution >= 4 is 31.8 Å². The van der Waals surface area contributed by atoms with Crippen molar-refractivity contribution in [2.75, 3.05) is 18.5 Å². The van der Waals surface area contributed by atoms with Crippen LogP contribution in [0.1, 0.15) is 26.7 Å². The number of pyridine rings is 1. The molecule has 1 aromatic heterocycles. The zero-order valence-corrected chi connectivity index (χ0v) is 14.0. The average molecular weight is 363 g/mol. The van der Waals surface area contributed by atoms with Gasteiger partial charge in [-0.15, -0.1) is 0 Å². The molecule has 2 rings (SSSR count). The summed E-state index contributed by atoms with van der Waals surface area (Å²) in [6.07, 6.45) is 3.20. The van der Waals surface area contributed by atoms with Crippen LogP contribution in [0.5, 0.6) is 0 Å². The van der Waals surface area contributed by atoms with Gasteiger partial charge in [-0.3, -0.25) is 0 Å². The van der Waals surface area contributed by atoms with Gasteiger partial charge in [-0.05, 0) is 40.3 Å². The van der Waals surface area contributed by atoms with Crippen LogP contribution in [0, 0.1) is 5.41 Å². The molecule has 3 N–H and O–H groups in total. The van der Waals surface area contributed by atoms with E-state index in [1.165, 1.54) is 16.6 Å². The Morgan fingerprint density at radius 1 is 1.40 bits per heavy atom. The van der Waals surface area contributed by atoms with Crippen LogP contribution < -0.4 is 11.3 Å². The van der Waals surface area contributed by atoms with Gasteiger partial charge in [0.1, 0.15) is 4.90 Å². The normalized spacial score (nSPS) is 19.8. The number of hydrazine groups is 1. The van der Waals surface area contributed by atoms with E-state index in [0.29, 0.717) is 17.6 Å². The third kappa shape index (κ3) is 3.13. The van der Waals surface area contributed by atoms with E-state index >= 15 is 0 Å². The quantitative estimate of drug-likeness (QED) is 0.633. The third-order valence-corrected chi connectivity index (χ3v) is 6.00. The molecule has 2 heterocycles. The summed E-state index contributed by atoms with van der Waals surface area (Å²) in [6, 6.07) is 1.53. The Bertz CT molecular complexity index is 593. The van der Waals surface area contributed by atoms with E-state index in [9.17, 15) is 8.42 Å². The van der Waals surface area contributed by atoms with Crippen molar-refractivity contribution in [3.05, 3.63) is 16.7 Å². The first kappa shape index (κ1) is 15.7. The molecular formula is C12H19BrN4O2S. The van der Waals surface area contributed by atoms with Crippen LogP contribution in [0.25, 0.3) is 0 Å². The molecule has 0 bridgehead atoms. The standard InChI is InChI=1S/C12H19BrN4O2S/c1-12(2)3-5-17(6-4-12)20(18,19)10-7-9(13)8-15-11(10)16-14/h7-8H,3-6,14H2,1-2H3,(H,15,16). The van der Waals surface area contributed by atoms with E-state index in [1.54, 1.807) is 0 Å². The van der Waals surface area contributed by atoms with Crippen LogP contribution in [-0.2, 0) is 10.0 Å². The van der Waals surface area contributed by atoms with Crippen molar-refractivity contribution < 1.29 is 8.42 Å². The van der Waals surface area contributed by atoms with E-state index in [4.69, 9.17) is 5.84 Å². The zero-order chi connectivity index (χ0) is 15.0. The summed E-state index contributed by atoms with van der Waals surface area (Å²) in [7, 11) is -3.58. The molecule has 0 atom stereocenters. The number of hydrogen-bond donors (Lipinski definition) is 2. The lowest BCUT2D eigenvalue weighted by Crippen LogP contribution is -2.41. The minimum absolute atomic E-state index is 0.106. The number of nitrogen functional groups attached to an aromatic ring is 1. The molecule has 0 aliphatic carbocycles. The predicted octanol–water partition coefficient (Wildman–Crippen LogP) is 1.94. The van der Waals surface area contributed by atoms with Crippen LogP contribution in [0.3, 0.4) is 0 Å². The molecule has 0 aromatic carbocycles. The lowest BCUT2D eigenvalue weighted by molar-refractivity contribution is 0.196. The number of nitrogens with zero attached hydrogens (tertiary/aromatic N) is 2. The van der Waals surface area contributed by atoms with Gasteiger partial charge in [0.05, 0.1) is 0 Å². The minimum Gasteiger partial charge on any atom is -0.307 e. The number of halogens is 1. The van der Waals surface area contributed by atoms with Crippen molar-refractivity contribution in [3.63, 3.8) is 0 Å². The van der Waals surface area contributed by atoms with Gasteiger partial charge in [0, 0.05) is 23.8 Å². The first-order valence-electron chi connectivity index (χ1n) is 6.39. The van der Waals surface area contributed by atoms with Gasteiger partial charge in [-0.1, -0.05) is 13.8 Å². The Hall–Kier alpha value is -0.700. The Morgan fingerprint density at radius 2 is 2.00 bits per heavy atom.